The average Bonchev–Trinajstić information content (AvgIpc) is 2.95. The number of hydrogen-bond donors (Lipinski definition) is 0. The molecule has 0 aromatic carbocycles. The molecule has 4 nitrogen and oxygen atoms in total. The van der Waals surface area contributed by atoms with Crippen molar-refractivity contribution in [2.45, 2.75) is 44.1 Å². The van der Waals surface area contributed by atoms with Gasteiger partial charge in [0.05, 0.1) is 23.3 Å². The van der Waals surface area contributed by atoms with E-state index in [9.17, 15) is 4.79 Å². The molecule has 0 bridgehead atoms. The Kier molecular flexibility index (Phi) is 3.86. The summed E-state index contributed by atoms with van der Waals surface area (Å²) in [4.78, 5) is 11.3. The quantitative estimate of drug-likeness (QED) is 0.803. The summed E-state index contributed by atoms with van der Waals surface area (Å²) < 4.78 is 7.73. The Labute approximate surface area is 109 Å². The lowest BCUT2D eigenvalue weighted by molar-refractivity contribution is -0.141. The highest BCUT2D eigenvalue weighted by Gasteiger charge is 2.36. The number of nitrogens with zero attached hydrogens (tertiary/aromatic N) is 2. The summed E-state index contributed by atoms with van der Waals surface area (Å²) in [5, 5.41) is 4.39. The fourth-order valence-corrected chi connectivity index (χ4v) is 2.91. The van der Waals surface area contributed by atoms with E-state index in [1.807, 2.05) is 10.9 Å². The third-order valence-electron chi connectivity index (χ3n) is 3.59. The van der Waals surface area contributed by atoms with Gasteiger partial charge in [0.1, 0.15) is 0 Å². The van der Waals surface area contributed by atoms with Crippen LogP contribution >= 0.6 is 15.9 Å². The monoisotopic (exact) mass is 300 g/mol. The van der Waals surface area contributed by atoms with Crippen LogP contribution < -0.4 is 0 Å². The molecule has 0 spiro atoms. The van der Waals surface area contributed by atoms with Crippen LogP contribution in [-0.2, 0) is 15.1 Å². The molecule has 1 aromatic rings. The van der Waals surface area contributed by atoms with E-state index in [0.717, 1.165) is 23.7 Å². The fourth-order valence-electron chi connectivity index (χ4n) is 2.62. The lowest BCUT2D eigenvalue weighted by atomic mass is 9.92. The van der Waals surface area contributed by atoms with Gasteiger partial charge < -0.3 is 4.74 Å². The van der Waals surface area contributed by atoms with Crippen molar-refractivity contribution < 1.29 is 9.53 Å². The Bertz CT molecular complexity index is 397. The van der Waals surface area contributed by atoms with Crippen molar-refractivity contribution in [1.82, 2.24) is 9.78 Å². The van der Waals surface area contributed by atoms with Crippen molar-refractivity contribution in [2.75, 3.05) is 7.11 Å². The molecule has 1 fully saturated rings. The van der Waals surface area contributed by atoms with Crippen molar-refractivity contribution in [3.63, 3.8) is 0 Å². The normalized spacial score (nSPS) is 18.2. The van der Waals surface area contributed by atoms with Crippen LogP contribution in [0.15, 0.2) is 16.9 Å². The number of methoxy groups -OCH3 is 1. The van der Waals surface area contributed by atoms with E-state index in [1.165, 1.54) is 20.0 Å². The minimum Gasteiger partial charge on any atom is -0.469 e. The molecule has 1 aliphatic carbocycles. The summed E-state index contributed by atoms with van der Waals surface area (Å²) in [6, 6.07) is 0. The molecule has 1 aliphatic rings. The maximum atomic E-state index is 11.3. The molecule has 5 heteroatoms. The third kappa shape index (κ3) is 2.70. The summed E-state index contributed by atoms with van der Waals surface area (Å²) in [6.45, 7) is 0. The molecule has 0 unspecified atom stereocenters. The van der Waals surface area contributed by atoms with E-state index >= 15 is 0 Å². The van der Waals surface area contributed by atoms with E-state index in [0.29, 0.717) is 6.42 Å². The first-order valence-electron chi connectivity index (χ1n) is 5.94. The summed E-state index contributed by atoms with van der Waals surface area (Å²) in [5.41, 5.74) is 0.0141. The maximum Gasteiger partial charge on any atom is 0.305 e. The fraction of sp³-hybridized carbons (Fsp3) is 0.667. The Hall–Kier alpha value is -0.840. The molecule has 17 heavy (non-hydrogen) atoms. The van der Waals surface area contributed by atoms with Crippen LogP contribution in [-0.4, -0.2) is 22.9 Å². The molecule has 0 saturated heterocycles. The number of hydrogen-bond acceptors (Lipinski definition) is 3. The minimum atomic E-state index is -0.137. The van der Waals surface area contributed by atoms with Gasteiger partial charge >= 0.3 is 5.97 Å². The number of rotatable bonds is 4. The lowest BCUT2D eigenvalue weighted by Gasteiger charge is -2.29. The first-order valence-corrected chi connectivity index (χ1v) is 6.73. The van der Waals surface area contributed by atoms with Gasteiger partial charge in [-0.25, -0.2) is 0 Å². The van der Waals surface area contributed by atoms with Gasteiger partial charge in [0, 0.05) is 12.6 Å². The largest absolute Gasteiger partial charge is 0.469 e. The van der Waals surface area contributed by atoms with Gasteiger partial charge in [0.15, 0.2) is 0 Å². The number of aromatic nitrogens is 2. The molecule has 0 aliphatic heterocycles. The molecule has 2 rings (SSSR count). The van der Waals surface area contributed by atoms with Crippen LogP contribution in [0.2, 0.25) is 0 Å². The van der Waals surface area contributed by atoms with Gasteiger partial charge in [-0.3, -0.25) is 9.48 Å². The molecular formula is C12H17BrN2O2. The second-order valence-electron chi connectivity index (χ2n) is 4.61. The van der Waals surface area contributed by atoms with Gasteiger partial charge in [-0.15, -0.1) is 0 Å². The number of esters is 1. The van der Waals surface area contributed by atoms with Crippen molar-refractivity contribution in [3.8, 4) is 0 Å². The van der Waals surface area contributed by atoms with Crippen molar-refractivity contribution in [2.24, 2.45) is 0 Å². The summed E-state index contributed by atoms with van der Waals surface area (Å²) in [7, 11) is 1.44. The van der Waals surface area contributed by atoms with Crippen LogP contribution in [0.5, 0.6) is 0 Å². The van der Waals surface area contributed by atoms with Crippen LogP contribution in [0, 0.1) is 0 Å². The van der Waals surface area contributed by atoms with Gasteiger partial charge in [-0.05, 0) is 35.2 Å². The van der Waals surface area contributed by atoms with Crippen LogP contribution in [0.4, 0.5) is 0 Å². The first-order chi connectivity index (χ1) is 8.16. The molecule has 94 valence electrons. The summed E-state index contributed by atoms with van der Waals surface area (Å²) in [5.74, 6) is -0.137. The zero-order valence-electron chi connectivity index (χ0n) is 9.99. The minimum absolute atomic E-state index is 0.0141. The van der Waals surface area contributed by atoms with Gasteiger partial charge in [0.2, 0.25) is 0 Å². The molecule has 0 amide bonds. The van der Waals surface area contributed by atoms with Gasteiger partial charge in [-0.1, -0.05) is 12.8 Å². The number of halogens is 1. The smallest absolute Gasteiger partial charge is 0.305 e. The van der Waals surface area contributed by atoms with Crippen LogP contribution in [0.1, 0.15) is 38.5 Å². The van der Waals surface area contributed by atoms with Crippen molar-refractivity contribution >= 4 is 21.9 Å². The highest BCUT2D eigenvalue weighted by Crippen LogP contribution is 2.40. The van der Waals surface area contributed by atoms with Crippen molar-refractivity contribution in [1.29, 1.82) is 0 Å². The molecule has 0 atom stereocenters. The van der Waals surface area contributed by atoms with E-state index in [-0.39, 0.29) is 11.5 Å². The summed E-state index contributed by atoms with van der Waals surface area (Å²) >= 11 is 3.42. The number of ether oxygens (including phenoxy) is 1. The second kappa shape index (κ2) is 5.21. The van der Waals surface area contributed by atoms with Crippen LogP contribution in [0.25, 0.3) is 0 Å². The molecular weight excluding hydrogens is 284 g/mol. The Morgan fingerprint density at radius 2 is 2.29 bits per heavy atom. The van der Waals surface area contributed by atoms with Gasteiger partial charge in [-0.2, -0.15) is 5.10 Å². The zero-order valence-corrected chi connectivity index (χ0v) is 11.6. The number of carbonyl (C=O) groups is 1. The van der Waals surface area contributed by atoms with E-state index < -0.39 is 0 Å². The lowest BCUT2D eigenvalue weighted by Crippen LogP contribution is -2.31. The summed E-state index contributed by atoms with van der Waals surface area (Å²) in [6.07, 6.45) is 9.69. The van der Waals surface area contributed by atoms with Crippen LogP contribution in [0.3, 0.4) is 0 Å². The first kappa shape index (κ1) is 12.6. The van der Waals surface area contributed by atoms with Gasteiger partial charge in [0.25, 0.3) is 0 Å². The highest BCUT2D eigenvalue weighted by molar-refractivity contribution is 9.10. The average molecular weight is 301 g/mol. The van der Waals surface area contributed by atoms with Crippen molar-refractivity contribution in [3.05, 3.63) is 16.9 Å². The Balaban J connectivity index is 2.12. The number of carbonyl (C=O) groups excluding carboxylic acids is 1. The second-order valence-corrected chi connectivity index (χ2v) is 5.53. The van der Waals surface area contributed by atoms with E-state index in [1.54, 1.807) is 6.20 Å². The molecule has 0 N–H and O–H groups in total. The molecule has 0 radical (unpaired) electrons. The third-order valence-corrected chi connectivity index (χ3v) is 4.00. The SMILES string of the molecule is COC(=O)CCC1(n2cc(Br)cn2)CCCC1. The highest BCUT2D eigenvalue weighted by atomic mass is 79.9. The standard InChI is InChI=1S/C12H17BrN2O2/c1-17-11(16)4-7-12(5-2-3-6-12)15-9-10(13)8-14-15/h8-9H,2-7H2,1H3. The predicted molar refractivity (Wildman–Crippen MR) is 67.6 cm³/mol. The zero-order chi connectivity index (χ0) is 12.3. The van der Waals surface area contributed by atoms with E-state index in [4.69, 9.17) is 4.74 Å². The molecule has 1 saturated carbocycles. The maximum absolute atomic E-state index is 11.3. The predicted octanol–water partition coefficient (Wildman–Crippen LogP) is 2.87. The molecule has 1 heterocycles. The van der Waals surface area contributed by atoms with E-state index in [2.05, 4.69) is 21.0 Å². The Morgan fingerprint density at radius 3 is 2.82 bits per heavy atom. The Morgan fingerprint density at radius 1 is 1.59 bits per heavy atom. The molecule has 1 aromatic heterocycles. The topological polar surface area (TPSA) is 44.1 Å².